The smallest absolute Gasteiger partial charge is 0.308 e. The van der Waals surface area contributed by atoms with E-state index in [-0.39, 0.29) is 5.97 Å². The number of esters is 3. The van der Waals surface area contributed by atoms with Crippen molar-refractivity contribution < 1.29 is 28.6 Å². The van der Waals surface area contributed by atoms with Gasteiger partial charge in [-0.15, -0.1) is 0 Å². The minimum Gasteiger partial charge on any atom is -0.459 e. The van der Waals surface area contributed by atoms with Gasteiger partial charge in [0, 0.05) is 36.6 Å². The van der Waals surface area contributed by atoms with Crippen LogP contribution in [0.5, 0.6) is 11.5 Å². The molecule has 0 saturated carbocycles. The number of cyclic esters (lactones) is 1. The van der Waals surface area contributed by atoms with Crippen LogP contribution in [0.4, 0.5) is 0 Å². The second-order valence-electron chi connectivity index (χ2n) is 7.42. The fraction of sp³-hybridized carbons (Fsp3) is 0.409. The van der Waals surface area contributed by atoms with E-state index >= 15 is 0 Å². The maximum Gasteiger partial charge on any atom is 0.308 e. The van der Waals surface area contributed by atoms with Gasteiger partial charge in [0.1, 0.15) is 17.1 Å². The van der Waals surface area contributed by atoms with Gasteiger partial charge in [0.25, 0.3) is 0 Å². The Hall–Kier alpha value is -2.89. The molecule has 28 heavy (non-hydrogen) atoms. The minimum atomic E-state index is -0.551. The van der Waals surface area contributed by atoms with E-state index in [1.165, 1.54) is 13.8 Å². The van der Waals surface area contributed by atoms with Crippen molar-refractivity contribution in [1.82, 2.24) is 0 Å². The average molecular weight is 384 g/mol. The first-order valence-corrected chi connectivity index (χ1v) is 9.33. The van der Waals surface area contributed by atoms with E-state index in [4.69, 9.17) is 14.2 Å². The molecule has 1 saturated heterocycles. The molecule has 0 radical (unpaired) electrons. The Morgan fingerprint density at radius 2 is 1.64 bits per heavy atom. The number of benzene rings is 2. The summed E-state index contributed by atoms with van der Waals surface area (Å²) in [7, 11) is 0. The number of carbonyl (C=O) groups excluding carboxylic acids is 3. The van der Waals surface area contributed by atoms with Gasteiger partial charge in [0.15, 0.2) is 0 Å². The molecule has 148 valence electrons. The van der Waals surface area contributed by atoms with Gasteiger partial charge >= 0.3 is 17.9 Å². The number of rotatable bonds is 5. The maximum absolute atomic E-state index is 11.8. The molecule has 1 heterocycles. The maximum atomic E-state index is 11.8. The van der Waals surface area contributed by atoms with E-state index in [1.807, 2.05) is 38.1 Å². The highest BCUT2D eigenvalue weighted by Crippen LogP contribution is 2.42. The van der Waals surface area contributed by atoms with Crippen LogP contribution in [-0.2, 0) is 25.5 Å². The summed E-state index contributed by atoms with van der Waals surface area (Å²) in [4.78, 5) is 35.0. The third-order valence-corrected chi connectivity index (χ3v) is 5.10. The Morgan fingerprint density at radius 3 is 2.18 bits per heavy atom. The summed E-state index contributed by atoms with van der Waals surface area (Å²) in [5.41, 5.74) is 0.956. The molecule has 2 aromatic rings. The number of hydrogen-bond donors (Lipinski definition) is 0. The molecule has 0 amide bonds. The fourth-order valence-electron chi connectivity index (χ4n) is 3.70. The Bertz CT molecular complexity index is 961. The molecule has 1 atom stereocenters. The summed E-state index contributed by atoms with van der Waals surface area (Å²) in [5.74, 6) is -0.119. The first-order valence-electron chi connectivity index (χ1n) is 9.33. The van der Waals surface area contributed by atoms with Crippen molar-refractivity contribution in [3.8, 4) is 11.5 Å². The topological polar surface area (TPSA) is 78.9 Å². The summed E-state index contributed by atoms with van der Waals surface area (Å²) < 4.78 is 16.6. The zero-order valence-electron chi connectivity index (χ0n) is 16.6. The predicted octanol–water partition coefficient (Wildman–Crippen LogP) is 4.03. The van der Waals surface area contributed by atoms with Gasteiger partial charge < -0.3 is 14.2 Å². The van der Waals surface area contributed by atoms with Crippen LogP contribution in [-0.4, -0.2) is 23.5 Å². The number of carbonyl (C=O) groups is 3. The molecular weight excluding hydrogens is 360 g/mol. The highest BCUT2D eigenvalue weighted by molar-refractivity contribution is 5.98. The first-order chi connectivity index (χ1) is 13.2. The SMILES string of the molecule is CC(=O)Oc1c(C)c(CCC2(C)CCC(=O)O2)c(OC(C)=O)c2ccccc12. The van der Waals surface area contributed by atoms with Crippen LogP contribution < -0.4 is 9.47 Å². The molecule has 2 aromatic carbocycles. The molecular formula is C22H24O6. The van der Waals surface area contributed by atoms with Crippen molar-refractivity contribution in [2.75, 3.05) is 0 Å². The third kappa shape index (κ3) is 4.01. The molecule has 1 aliphatic rings. The summed E-state index contributed by atoms with van der Waals surface area (Å²) in [6.07, 6.45) is 2.14. The number of ether oxygens (including phenoxy) is 3. The van der Waals surface area contributed by atoms with Gasteiger partial charge in [-0.1, -0.05) is 24.3 Å². The van der Waals surface area contributed by atoms with Crippen molar-refractivity contribution in [3.05, 3.63) is 35.4 Å². The lowest BCUT2D eigenvalue weighted by Crippen LogP contribution is -2.25. The lowest BCUT2D eigenvalue weighted by Gasteiger charge is -2.24. The molecule has 1 unspecified atom stereocenters. The van der Waals surface area contributed by atoms with Crippen LogP contribution >= 0.6 is 0 Å². The van der Waals surface area contributed by atoms with Crippen molar-refractivity contribution in [1.29, 1.82) is 0 Å². The van der Waals surface area contributed by atoms with Gasteiger partial charge in [0.05, 0.1) is 0 Å². The van der Waals surface area contributed by atoms with Crippen molar-refractivity contribution in [2.24, 2.45) is 0 Å². The number of fused-ring (bicyclic) bond motifs is 1. The first kappa shape index (κ1) is 19.9. The summed E-state index contributed by atoms with van der Waals surface area (Å²) in [6.45, 7) is 6.46. The Kier molecular flexibility index (Phi) is 5.40. The third-order valence-electron chi connectivity index (χ3n) is 5.10. The van der Waals surface area contributed by atoms with E-state index in [0.29, 0.717) is 48.0 Å². The molecule has 0 N–H and O–H groups in total. The van der Waals surface area contributed by atoms with E-state index < -0.39 is 17.5 Å². The average Bonchev–Trinajstić information content (AvgIpc) is 2.96. The van der Waals surface area contributed by atoms with Crippen LogP contribution in [0.15, 0.2) is 24.3 Å². The molecule has 3 rings (SSSR count). The summed E-state index contributed by atoms with van der Waals surface area (Å²) in [6, 6.07) is 7.34. The second-order valence-corrected chi connectivity index (χ2v) is 7.42. The zero-order valence-corrected chi connectivity index (χ0v) is 16.6. The molecule has 1 fully saturated rings. The van der Waals surface area contributed by atoms with Crippen LogP contribution in [0, 0.1) is 6.92 Å². The van der Waals surface area contributed by atoms with Crippen LogP contribution in [0.2, 0.25) is 0 Å². The van der Waals surface area contributed by atoms with Crippen LogP contribution in [0.1, 0.15) is 51.2 Å². The Morgan fingerprint density at radius 1 is 1.07 bits per heavy atom. The molecule has 1 aliphatic heterocycles. The van der Waals surface area contributed by atoms with Gasteiger partial charge in [-0.05, 0) is 38.7 Å². The molecule has 0 spiro atoms. The minimum absolute atomic E-state index is 0.196. The van der Waals surface area contributed by atoms with Gasteiger partial charge in [-0.3, -0.25) is 14.4 Å². The van der Waals surface area contributed by atoms with Gasteiger partial charge in [-0.25, -0.2) is 0 Å². The highest BCUT2D eigenvalue weighted by Gasteiger charge is 2.36. The quantitative estimate of drug-likeness (QED) is 0.572. The standard InChI is InChI=1S/C22H24O6/c1-13-16(9-11-22(4)12-10-19(25)28-22)21(27-15(3)24)18-8-6-5-7-17(18)20(13)26-14(2)23/h5-8H,9-12H2,1-4H3. The molecule has 0 bridgehead atoms. The normalized spacial score (nSPS) is 18.8. The Balaban J connectivity index is 2.12. The molecule has 0 aliphatic carbocycles. The lowest BCUT2D eigenvalue weighted by atomic mass is 9.90. The molecule has 6 heteroatoms. The van der Waals surface area contributed by atoms with Crippen molar-refractivity contribution in [3.63, 3.8) is 0 Å². The monoisotopic (exact) mass is 384 g/mol. The highest BCUT2D eigenvalue weighted by atomic mass is 16.6. The van der Waals surface area contributed by atoms with Gasteiger partial charge in [-0.2, -0.15) is 0 Å². The Labute approximate surface area is 163 Å². The van der Waals surface area contributed by atoms with E-state index in [9.17, 15) is 14.4 Å². The van der Waals surface area contributed by atoms with Gasteiger partial charge in [0.2, 0.25) is 0 Å². The second kappa shape index (κ2) is 7.62. The zero-order chi connectivity index (χ0) is 20.5. The lowest BCUT2D eigenvalue weighted by molar-refractivity contribution is -0.147. The summed E-state index contributed by atoms with van der Waals surface area (Å²) in [5, 5.41) is 1.40. The van der Waals surface area contributed by atoms with Crippen molar-refractivity contribution >= 4 is 28.7 Å². The van der Waals surface area contributed by atoms with Crippen LogP contribution in [0.3, 0.4) is 0 Å². The predicted molar refractivity (Wildman–Crippen MR) is 103 cm³/mol. The van der Waals surface area contributed by atoms with E-state index in [0.717, 1.165) is 11.1 Å². The van der Waals surface area contributed by atoms with Crippen LogP contribution in [0.25, 0.3) is 10.8 Å². The van der Waals surface area contributed by atoms with Crippen molar-refractivity contribution in [2.45, 2.75) is 59.0 Å². The van der Waals surface area contributed by atoms with E-state index in [2.05, 4.69) is 0 Å². The van der Waals surface area contributed by atoms with E-state index in [1.54, 1.807) is 0 Å². The summed E-state index contributed by atoms with van der Waals surface area (Å²) >= 11 is 0. The molecule has 6 nitrogen and oxygen atoms in total. The largest absolute Gasteiger partial charge is 0.459 e. The number of hydrogen-bond acceptors (Lipinski definition) is 6. The fourth-order valence-corrected chi connectivity index (χ4v) is 3.70. The molecule has 0 aromatic heterocycles.